The molecule has 0 radical (unpaired) electrons. The van der Waals surface area contributed by atoms with Crippen LogP contribution in [0.3, 0.4) is 0 Å². The van der Waals surface area contributed by atoms with E-state index in [4.69, 9.17) is 19.7 Å². The van der Waals surface area contributed by atoms with Crippen LogP contribution in [0, 0.1) is 17.8 Å². The zero-order valence-electron chi connectivity index (χ0n) is 19.6. The third-order valence-corrected chi connectivity index (χ3v) is 7.26. The van der Waals surface area contributed by atoms with Gasteiger partial charge in [-0.3, -0.25) is 4.79 Å². The summed E-state index contributed by atoms with van der Waals surface area (Å²) in [4.78, 5) is 22.9. The van der Waals surface area contributed by atoms with Crippen LogP contribution < -0.4 is 4.74 Å². The Hall–Kier alpha value is -2.12. The smallest absolute Gasteiger partial charge is 0.341 e. The quantitative estimate of drug-likeness (QED) is 0.304. The molecule has 1 aromatic rings. The summed E-state index contributed by atoms with van der Waals surface area (Å²) in [5.74, 6) is 0.124. The summed E-state index contributed by atoms with van der Waals surface area (Å²) in [6, 6.07) is 5.80. The SMILES string of the molecule is CCCCC[C@@H](CC[C@@H]1[C@H]2Cc3cccc(OCC(=O)O)c3C[C@H]2C[C@H]1O)OC(=O)CCO. The van der Waals surface area contributed by atoms with Gasteiger partial charge in [-0.1, -0.05) is 31.9 Å². The molecule has 2 aliphatic carbocycles. The highest BCUT2D eigenvalue weighted by molar-refractivity contribution is 5.69. The minimum absolute atomic E-state index is 0.0180. The number of aliphatic hydroxyl groups is 2. The number of carbonyl (C=O) groups excluding carboxylic acids is 1. The van der Waals surface area contributed by atoms with E-state index in [1.807, 2.05) is 12.1 Å². The fourth-order valence-corrected chi connectivity index (χ4v) is 5.68. The van der Waals surface area contributed by atoms with Gasteiger partial charge in [-0.25, -0.2) is 4.79 Å². The van der Waals surface area contributed by atoms with Crippen LogP contribution in [0.15, 0.2) is 18.2 Å². The zero-order valence-corrected chi connectivity index (χ0v) is 19.6. The van der Waals surface area contributed by atoms with Gasteiger partial charge >= 0.3 is 11.9 Å². The van der Waals surface area contributed by atoms with Crippen molar-refractivity contribution in [3.8, 4) is 5.75 Å². The fraction of sp³-hybridized carbons (Fsp3) is 0.692. The maximum absolute atomic E-state index is 12.0. The molecule has 0 saturated heterocycles. The zero-order chi connectivity index (χ0) is 23.8. The summed E-state index contributed by atoms with van der Waals surface area (Å²) in [6.07, 6.45) is 7.34. The number of hydrogen-bond acceptors (Lipinski definition) is 6. The molecule has 7 heteroatoms. The number of aliphatic carboxylic acids is 1. The lowest BCUT2D eigenvalue weighted by Crippen LogP contribution is -2.29. The molecule has 7 nitrogen and oxygen atoms in total. The predicted octanol–water partition coefficient (Wildman–Crippen LogP) is 3.52. The van der Waals surface area contributed by atoms with Crippen LogP contribution in [0.2, 0.25) is 0 Å². The summed E-state index contributed by atoms with van der Waals surface area (Å²) < 4.78 is 11.2. The van der Waals surface area contributed by atoms with Crippen molar-refractivity contribution in [2.75, 3.05) is 13.2 Å². The van der Waals surface area contributed by atoms with E-state index >= 15 is 0 Å². The first kappa shape index (κ1) is 25.5. The first-order chi connectivity index (χ1) is 15.9. The van der Waals surface area contributed by atoms with Gasteiger partial charge in [0.1, 0.15) is 11.9 Å². The van der Waals surface area contributed by atoms with E-state index in [2.05, 4.69) is 13.0 Å². The molecule has 1 aromatic carbocycles. The second-order valence-corrected chi connectivity index (χ2v) is 9.53. The minimum atomic E-state index is -0.995. The lowest BCUT2D eigenvalue weighted by molar-refractivity contribution is -0.150. The Morgan fingerprint density at radius 3 is 2.73 bits per heavy atom. The summed E-state index contributed by atoms with van der Waals surface area (Å²) in [7, 11) is 0. The first-order valence-corrected chi connectivity index (χ1v) is 12.4. The molecule has 33 heavy (non-hydrogen) atoms. The molecule has 5 atom stereocenters. The van der Waals surface area contributed by atoms with Gasteiger partial charge in [0, 0.05) is 0 Å². The number of esters is 1. The fourth-order valence-electron chi connectivity index (χ4n) is 5.68. The van der Waals surface area contributed by atoms with Crippen molar-refractivity contribution in [1.29, 1.82) is 0 Å². The number of ether oxygens (including phenoxy) is 2. The van der Waals surface area contributed by atoms with Crippen LogP contribution in [-0.4, -0.2) is 52.7 Å². The first-order valence-electron chi connectivity index (χ1n) is 12.4. The van der Waals surface area contributed by atoms with Crippen LogP contribution in [0.5, 0.6) is 5.75 Å². The van der Waals surface area contributed by atoms with Crippen molar-refractivity contribution in [3.05, 3.63) is 29.3 Å². The average Bonchev–Trinajstić information content (AvgIpc) is 3.08. The Kier molecular flexibility index (Phi) is 9.56. The Morgan fingerprint density at radius 1 is 1.18 bits per heavy atom. The van der Waals surface area contributed by atoms with Crippen LogP contribution in [0.1, 0.15) is 69.4 Å². The van der Waals surface area contributed by atoms with Gasteiger partial charge in [-0.15, -0.1) is 0 Å². The monoisotopic (exact) mass is 462 g/mol. The number of hydrogen-bond donors (Lipinski definition) is 3. The second kappa shape index (κ2) is 12.4. The Labute approximate surface area is 196 Å². The Balaban J connectivity index is 1.64. The topological polar surface area (TPSA) is 113 Å². The van der Waals surface area contributed by atoms with E-state index < -0.39 is 5.97 Å². The third-order valence-electron chi connectivity index (χ3n) is 7.26. The highest BCUT2D eigenvalue weighted by Crippen LogP contribution is 2.48. The standard InChI is InChI=1S/C26H38O7/c1-2-3-4-7-19(33-26(31)11-12-27)9-10-20-21-13-17-6-5-8-24(32-16-25(29)30)22(17)14-18(21)15-23(20)28/h5-6,8,18-21,23,27-28H,2-4,7,9-16H2,1H3,(H,29,30)/t18-,19-,20+,21-,23+/m0/s1. The van der Waals surface area contributed by atoms with E-state index in [1.165, 1.54) is 5.56 Å². The Bertz CT molecular complexity index is 793. The number of carbonyl (C=O) groups is 2. The van der Waals surface area contributed by atoms with Gasteiger partial charge in [0.25, 0.3) is 0 Å². The lowest BCUT2D eigenvalue weighted by Gasteiger charge is -2.32. The molecular formula is C26H38O7. The highest BCUT2D eigenvalue weighted by Gasteiger charge is 2.45. The van der Waals surface area contributed by atoms with Gasteiger partial charge in [-0.2, -0.15) is 0 Å². The molecular weight excluding hydrogens is 424 g/mol. The van der Waals surface area contributed by atoms with Crippen molar-refractivity contribution in [1.82, 2.24) is 0 Å². The summed E-state index contributed by atoms with van der Waals surface area (Å²) in [5.41, 5.74) is 2.25. The maximum atomic E-state index is 12.0. The van der Waals surface area contributed by atoms with Crippen molar-refractivity contribution in [2.45, 2.75) is 83.3 Å². The molecule has 3 N–H and O–H groups in total. The van der Waals surface area contributed by atoms with E-state index in [9.17, 15) is 14.7 Å². The van der Waals surface area contributed by atoms with Gasteiger partial charge in [0.05, 0.1) is 19.1 Å². The minimum Gasteiger partial charge on any atom is -0.482 e. The largest absolute Gasteiger partial charge is 0.482 e. The van der Waals surface area contributed by atoms with Gasteiger partial charge in [0.15, 0.2) is 6.61 Å². The lowest BCUT2D eigenvalue weighted by atomic mass is 9.73. The summed E-state index contributed by atoms with van der Waals surface area (Å²) in [6.45, 7) is 1.58. The number of rotatable bonds is 13. The molecule has 0 amide bonds. The van der Waals surface area contributed by atoms with Crippen molar-refractivity contribution in [2.24, 2.45) is 17.8 Å². The molecule has 1 fully saturated rings. The maximum Gasteiger partial charge on any atom is 0.341 e. The van der Waals surface area contributed by atoms with Crippen molar-refractivity contribution < 1.29 is 34.4 Å². The van der Waals surface area contributed by atoms with Crippen molar-refractivity contribution >= 4 is 11.9 Å². The number of aliphatic hydroxyl groups excluding tert-OH is 2. The molecule has 0 aliphatic heterocycles. The molecule has 0 bridgehead atoms. The molecule has 0 spiro atoms. The van der Waals surface area contributed by atoms with E-state index in [0.29, 0.717) is 17.6 Å². The summed E-state index contributed by atoms with van der Waals surface area (Å²) >= 11 is 0. The molecule has 1 saturated carbocycles. The highest BCUT2D eigenvalue weighted by atomic mass is 16.5. The third kappa shape index (κ3) is 6.93. The van der Waals surface area contributed by atoms with E-state index in [0.717, 1.165) is 63.4 Å². The van der Waals surface area contributed by atoms with Crippen LogP contribution >= 0.6 is 0 Å². The van der Waals surface area contributed by atoms with Gasteiger partial charge in [-0.05, 0) is 79.9 Å². The normalized spacial score (nSPS) is 24.6. The molecule has 0 heterocycles. The molecule has 0 aromatic heterocycles. The molecule has 184 valence electrons. The van der Waals surface area contributed by atoms with E-state index in [1.54, 1.807) is 0 Å². The molecule has 2 aliphatic rings. The van der Waals surface area contributed by atoms with Gasteiger partial charge < -0.3 is 24.8 Å². The Morgan fingerprint density at radius 2 is 2.00 bits per heavy atom. The average molecular weight is 463 g/mol. The number of benzene rings is 1. The second-order valence-electron chi connectivity index (χ2n) is 9.53. The van der Waals surface area contributed by atoms with Crippen LogP contribution in [0.25, 0.3) is 0 Å². The summed E-state index contributed by atoms with van der Waals surface area (Å²) in [5, 5.41) is 28.9. The van der Waals surface area contributed by atoms with Gasteiger partial charge in [0.2, 0.25) is 0 Å². The predicted molar refractivity (Wildman–Crippen MR) is 123 cm³/mol. The van der Waals surface area contributed by atoms with Crippen molar-refractivity contribution in [3.63, 3.8) is 0 Å². The molecule has 0 unspecified atom stereocenters. The number of fused-ring (bicyclic) bond motifs is 2. The van der Waals surface area contributed by atoms with E-state index in [-0.39, 0.29) is 43.7 Å². The molecule has 3 rings (SSSR count). The number of unbranched alkanes of at least 4 members (excludes halogenated alkanes) is 2. The number of carboxylic acids is 1. The number of carboxylic acid groups (broad SMARTS) is 1. The van der Waals surface area contributed by atoms with Crippen LogP contribution in [-0.2, 0) is 27.2 Å². The van der Waals surface area contributed by atoms with Crippen LogP contribution in [0.4, 0.5) is 0 Å².